The fourth-order valence-corrected chi connectivity index (χ4v) is 2.12. The monoisotopic (exact) mass is 196 g/mol. The number of aliphatic imine (C=N–C) groups is 1. The van der Waals surface area contributed by atoms with Crippen molar-refractivity contribution in [1.29, 1.82) is 0 Å². The Morgan fingerprint density at radius 1 is 1.54 bits per heavy atom. The third-order valence-electron chi connectivity index (χ3n) is 2.06. The largest absolute Gasteiger partial charge is 0.303 e. The predicted molar refractivity (Wildman–Crippen MR) is 54.6 cm³/mol. The first-order chi connectivity index (χ1) is 6.31. The van der Waals surface area contributed by atoms with Crippen LogP contribution in [-0.2, 0) is 6.42 Å². The molecule has 5 heteroatoms. The summed E-state index contributed by atoms with van der Waals surface area (Å²) in [5, 5.41) is 0.982. The zero-order valence-electron chi connectivity index (χ0n) is 7.82. The lowest BCUT2D eigenvalue weighted by molar-refractivity contribution is 0.968. The Hall–Kier alpha value is -0.970. The van der Waals surface area contributed by atoms with Crippen LogP contribution >= 0.6 is 11.5 Å². The van der Waals surface area contributed by atoms with Gasteiger partial charge in [0, 0.05) is 24.5 Å². The molecular weight excluding hydrogens is 184 g/mol. The summed E-state index contributed by atoms with van der Waals surface area (Å²) in [6, 6.07) is 0. The average molecular weight is 196 g/mol. The molecule has 4 nitrogen and oxygen atoms in total. The number of hydrogen-bond donors (Lipinski definition) is 0. The van der Waals surface area contributed by atoms with Gasteiger partial charge in [-0.1, -0.05) is 6.92 Å². The maximum Gasteiger partial charge on any atom is 0.210 e. The molecule has 70 valence electrons. The van der Waals surface area contributed by atoms with Crippen LogP contribution in [0.15, 0.2) is 4.99 Å². The van der Waals surface area contributed by atoms with Gasteiger partial charge in [0.05, 0.1) is 6.54 Å². The predicted octanol–water partition coefficient (Wildman–Crippen LogP) is 1.34. The number of aryl methyl sites for hydroxylation is 1. The normalized spacial score (nSPS) is 16.5. The number of hydrogen-bond acceptors (Lipinski definition) is 5. The molecule has 2 rings (SSSR count). The first-order valence-corrected chi connectivity index (χ1v) is 5.19. The van der Waals surface area contributed by atoms with E-state index < -0.39 is 0 Å². The van der Waals surface area contributed by atoms with Crippen LogP contribution in [0.1, 0.15) is 19.7 Å². The molecular formula is C8H12N4S. The lowest BCUT2D eigenvalue weighted by atomic mass is 10.5. The first-order valence-electron chi connectivity index (χ1n) is 4.42. The Kier molecular flexibility index (Phi) is 2.26. The van der Waals surface area contributed by atoms with Gasteiger partial charge in [-0.05, 0) is 6.92 Å². The van der Waals surface area contributed by atoms with Gasteiger partial charge < -0.3 is 4.90 Å². The van der Waals surface area contributed by atoms with Crippen molar-refractivity contribution in [2.45, 2.75) is 20.3 Å². The second-order valence-corrected chi connectivity index (χ2v) is 3.66. The van der Waals surface area contributed by atoms with Gasteiger partial charge in [-0.15, -0.1) is 0 Å². The Bertz CT molecular complexity index is 331. The molecule has 2 heterocycles. The molecule has 0 atom stereocenters. The molecule has 1 aromatic rings. The van der Waals surface area contributed by atoms with Crippen LogP contribution in [0.5, 0.6) is 0 Å². The molecule has 0 amide bonds. The Morgan fingerprint density at radius 2 is 2.38 bits per heavy atom. The fraction of sp³-hybridized carbons (Fsp3) is 0.625. The second kappa shape index (κ2) is 3.41. The molecule has 1 aromatic heterocycles. The van der Waals surface area contributed by atoms with Crippen molar-refractivity contribution < 1.29 is 0 Å². The molecule has 0 saturated heterocycles. The van der Waals surface area contributed by atoms with E-state index in [9.17, 15) is 0 Å². The highest BCUT2D eigenvalue weighted by Gasteiger charge is 2.17. The minimum Gasteiger partial charge on any atom is -0.303 e. The van der Waals surface area contributed by atoms with Gasteiger partial charge in [0.2, 0.25) is 5.13 Å². The molecule has 0 fully saturated rings. The van der Waals surface area contributed by atoms with E-state index in [1.54, 1.807) is 0 Å². The van der Waals surface area contributed by atoms with Crippen molar-refractivity contribution in [3.8, 4) is 0 Å². The van der Waals surface area contributed by atoms with E-state index in [0.29, 0.717) is 0 Å². The van der Waals surface area contributed by atoms with E-state index >= 15 is 0 Å². The van der Waals surface area contributed by atoms with Gasteiger partial charge in [-0.2, -0.15) is 4.37 Å². The summed E-state index contributed by atoms with van der Waals surface area (Å²) in [5.41, 5.74) is 0. The summed E-state index contributed by atoms with van der Waals surface area (Å²) in [7, 11) is 0. The van der Waals surface area contributed by atoms with Crippen molar-refractivity contribution in [3.05, 3.63) is 5.82 Å². The maximum absolute atomic E-state index is 4.41. The molecule has 1 aliphatic rings. The van der Waals surface area contributed by atoms with Gasteiger partial charge in [0.1, 0.15) is 11.7 Å². The second-order valence-electron chi connectivity index (χ2n) is 2.93. The Morgan fingerprint density at radius 3 is 2.92 bits per heavy atom. The highest BCUT2D eigenvalue weighted by Crippen LogP contribution is 2.19. The van der Waals surface area contributed by atoms with Crippen LogP contribution in [0, 0.1) is 0 Å². The minimum atomic E-state index is 0.882. The van der Waals surface area contributed by atoms with E-state index in [1.807, 2.05) is 6.92 Å². The van der Waals surface area contributed by atoms with E-state index in [1.165, 1.54) is 11.5 Å². The molecule has 0 N–H and O–H groups in total. The highest BCUT2D eigenvalue weighted by atomic mass is 32.1. The summed E-state index contributed by atoms with van der Waals surface area (Å²) in [6.07, 6.45) is 0.903. The molecule has 0 aromatic carbocycles. The lowest BCUT2D eigenvalue weighted by Gasteiger charge is -2.12. The number of nitrogens with zero attached hydrogens (tertiary/aromatic N) is 4. The molecule has 1 aliphatic heterocycles. The molecule has 0 saturated carbocycles. The summed E-state index contributed by atoms with van der Waals surface area (Å²) in [5.74, 6) is 1.98. The third-order valence-corrected chi connectivity index (χ3v) is 2.84. The van der Waals surface area contributed by atoms with Crippen molar-refractivity contribution >= 4 is 22.5 Å². The van der Waals surface area contributed by atoms with Crippen molar-refractivity contribution in [2.24, 2.45) is 4.99 Å². The van der Waals surface area contributed by atoms with Gasteiger partial charge in [0.25, 0.3) is 0 Å². The molecule has 0 aliphatic carbocycles. The summed E-state index contributed by atoms with van der Waals surface area (Å²) in [4.78, 5) is 10.8. The Labute approximate surface area is 81.5 Å². The maximum atomic E-state index is 4.41. The summed E-state index contributed by atoms with van der Waals surface area (Å²) in [6.45, 7) is 5.91. The average Bonchev–Trinajstić information content (AvgIpc) is 2.71. The topological polar surface area (TPSA) is 41.4 Å². The fourth-order valence-electron chi connectivity index (χ4n) is 1.29. The van der Waals surface area contributed by atoms with Crippen LogP contribution in [0.3, 0.4) is 0 Å². The van der Waals surface area contributed by atoms with Crippen LogP contribution in [0.2, 0.25) is 0 Å². The van der Waals surface area contributed by atoms with Crippen LogP contribution in [-0.4, -0.2) is 28.3 Å². The molecule has 0 radical (unpaired) electrons. The number of anilines is 1. The lowest BCUT2D eigenvalue weighted by Crippen LogP contribution is -2.24. The van der Waals surface area contributed by atoms with E-state index in [4.69, 9.17) is 0 Å². The van der Waals surface area contributed by atoms with Gasteiger partial charge in [0.15, 0.2) is 0 Å². The van der Waals surface area contributed by atoms with Crippen LogP contribution in [0.25, 0.3) is 0 Å². The molecule has 0 unspecified atom stereocenters. The van der Waals surface area contributed by atoms with Crippen molar-refractivity contribution in [1.82, 2.24) is 9.36 Å². The SMILES string of the molecule is CCc1nsc(N2CCN=C2C)n1. The van der Waals surface area contributed by atoms with Gasteiger partial charge in [-0.3, -0.25) is 4.99 Å². The van der Waals surface area contributed by atoms with Crippen LogP contribution in [0.4, 0.5) is 5.13 Å². The van der Waals surface area contributed by atoms with E-state index in [2.05, 4.69) is 26.2 Å². The smallest absolute Gasteiger partial charge is 0.210 e. The summed E-state index contributed by atoms with van der Waals surface area (Å²) >= 11 is 1.46. The van der Waals surface area contributed by atoms with Crippen molar-refractivity contribution in [3.63, 3.8) is 0 Å². The molecule has 13 heavy (non-hydrogen) atoms. The summed E-state index contributed by atoms with van der Waals surface area (Å²) < 4.78 is 4.25. The third kappa shape index (κ3) is 1.56. The highest BCUT2D eigenvalue weighted by molar-refractivity contribution is 7.09. The number of amidine groups is 1. The number of aromatic nitrogens is 2. The van der Waals surface area contributed by atoms with Gasteiger partial charge >= 0.3 is 0 Å². The zero-order valence-corrected chi connectivity index (χ0v) is 8.63. The number of rotatable bonds is 2. The zero-order chi connectivity index (χ0) is 9.26. The Balaban J connectivity index is 2.21. The van der Waals surface area contributed by atoms with Crippen LogP contribution < -0.4 is 4.90 Å². The van der Waals surface area contributed by atoms with Gasteiger partial charge in [-0.25, -0.2) is 4.98 Å². The van der Waals surface area contributed by atoms with E-state index in [-0.39, 0.29) is 0 Å². The molecule has 0 spiro atoms. The molecule has 0 bridgehead atoms. The van der Waals surface area contributed by atoms with Crippen molar-refractivity contribution in [2.75, 3.05) is 18.0 Å². The first kappa shape index (κ1) is 8.62. The standard InChI is InChI=1S/C8H12N4S/c1-3-7-10-8(13-11-7)12-5-4-9-6(12)2/h3-5H2,1-2H3. The quantitative estimate of drug-likeness (QED) is 0.716. The minimum absolute atomic E-state index is 0.882. The van der Waals surface area contributed by atoms with E-state index in [0.717, 1.165) is 36.3 Å².